The predicted octanol–water partition coefficient (Wildman–Crippen LogP) is 2.51. The van der Waals surface area contributed by atoms with Crippen LogP contribution in [0.2, 0.25) is 0 Å². The lowest BCUT2D eigenvalue weighted by molar-refractivity contribution is 0.118. The Morgan fingerprint density at radius 3 is 2.80 bits per heavy atom. The van der Waals surface area contributed by atoms with Gasteiger partial charge in [-0.2, -0.15) is 0 Å². The Kier molecular flexibility index (Phi) is 5.94. The van der Waals surface area contributed by atoms with Crippen molar-refractivity contribution in [3.8, 4) is 0 Å². The molecule has 0 bridgehead atoms. The zero-order chi connectivity index (χ0) is 17.6. The molecule has 3 heterocycles. The van der Waals surface area contributed by atoms with E-state index in [1.807, 2.05) is 25.4 Å². The molecule has 2 aromatic rings. The number of hydrogen-bond acceptors (Lipinski definition) is 6. The molecule has 134 valence electrons. The Labute approximate surface area is 149 Å². The van der Waals surface area contributed by atoms with Crippen LogP contribution in [0.1, 0.15) is 37.1 Å². The minimum Gasteiger partial charge on any atom is -0.380 e. The van der Waals surface area contributed by atoms with Crippen molar-refractivity contribution in [2.75, 3.05) is 25.1 Å². The third-order valence-electron chi connectivity index (χ3n) is 4.91. The number of nitrogens with zero attached hydrogens (tertiary/aromatic N) is 4. The number of anilines is 1. The summed E-state index contributed by atoms with van der Waals surface area (Å²) in [5, 5.41) is 3.72. The highest BCUT2D eigenvalue weighted by Gasteiger charge is 2.33. The van der Waals surface area contributed by atoms with Crippen LogP contribution < -0.4 is 10.2 Å². The summed E-state index contributed by atoms with van der Waals surface area (Å²) in [4.78, 5) is 15.1. The van der Waals surface area contributed by atoms with Gasteiger partial charge in [0.05, 0.1) is 6.10 Å². The third-order valence-corrected chi connectivity index (χ3v) is 4.91. The summed E-state index contributed by atoms with van der Waals surface area (Å²) < 4.78 is 5.62. The summed E-state index contributed by atoms with van der Waals surface area (Å²) in [5.41, 5.74) is 2.27. The average Bonchev–Trinajstić information content (AvgIpc) is 3.06. The molecule has 0 amide bonds. The fourth-order valence-electron chi connectivity index (χ4n) is 3.49. The van der Waals surface area contributed by atoms with E-state index in [1.165, 1.54) is 5.56 Å². The Morgan fingerprint density at radius 1 is 1.32 bits per heavy atom. The van der Waals surface area contributed by atoms with Crippen LogP contribution in [0.3, 0.4) is 0 Å². The maximum Gasteiger partial charge on any atom is 0.132 e. The van der Waals surface area contributed by atoms with Crippen LogP contribution in [0, 0.1) is 6.92 Å². The molecule has 1 fully saturated rings. The summed E-state index contributed by atoms with van der Waals surface area (Å²) in [6.45, 7) is 5.96. The Bertz CT molecular complexity index is 666. The van der Waals surface area contributed by atoms with Gasteiger partial charge in [-0.25, -0.2) is 9.97 Å². The smallest absolute Gasteiger partial charge is 0.132 e. The van der Waals surface area contributed by atoms with Crippen molar-refractivity contribution in [1.82, 2.24) is 20.3 Å². The molecule has 0 aromatic carbocycles. The summed E-state index contributed by atoms with van der Waals surface area (Å²) in [5.74, 6) is 0.982. The first kappa shape index (κ1) is 17.8. The van der Waals surface area contributed by atoms with Gasteiger partial charge < -0.3 is 15.0 Å². The lowest BCUT2D eigenvalue weighted by atomic mass is 10.1. The highest BCUT2D eigenvalue weighted by Crippen LogP contribution is 2.26. The van der Waals surface area contributed by atoms with E-state index in [4.69, 9.17) is 4.74 Å². The van der Waals surface area contributed by atoms with Gasteiger partial charge in [0.1, 0.15) is 12.1 Å². The molecule has 1 saturated heterocycles. The number of methoxy groups -OCH3 is 1. The van der Waals surface area contributed by atoms with Crippen molar-refractivity contribution in [3.63, 3.8) is 0 Å². The predicted molar refractivity (Wildman–Crippen MR) is 98.6 cm³/mol. The molecule has 1 N–H and O–H groups in total. The van der Waals surface area contributed by atoms with Crippen molar-refractivity contribution in [1.29, 1.82) is 0 Å². The quantitative estimate of drug-likeness (QED) is 0.835. The summed E-state index contributed by atoms with van der Waals surface area (Å²) in [7, 11) is 1.79. The molecule has 1 aliphatic rings. The molecule has 1 unspecified atom stereocenters. The first-order valence-electron chi connectivity index (χ1n) is 8.92. The van der Waals surface area contributed by atoms with Gasteiger partial charge in [0, 0.05) is 56.4 Å². The lowest BCUT2D eigenvalue weighted by Crippen LogP contribution is -2.39. The van der Waals surface area contributed by atoms with Crippen molar-refractivity contribution in [2.24, 2.45) is 0 Å². The zero-order valence-corrected chi connectivity index (χ0v) is 15.2. The normalized spacial score (nSPS) is 21.5. The van der Waals surface area contributed by atoms with Gasteiger partial charge in [-0.15, -0.1) is 0 Å². The van der Waals surface area contributed by atoms with Crippen LogP contribution in [-0.4, -0.2) is 47.3 Å². The molecule has 6 heteroatoms. The van der Waals surface area contributed by atoms with E-state index >= 15 is 0 Å². The van der Waals surface area contributed by atoms with Crippen molar-refractivity contribution in [2.45, 2.75) is 44.9 Å². The molecule has 6 nitrogen and oxygen atoms in total. The van der Waals surface area contributed by atoms with Crippen molar-refractivity contribution in [3.05, 3.63) is 48.2 Å². The maximum absolute atomic E-state index is 5.62. The van der Waals surface area contributed by atoms with Crippen LogP contribution in [0.5, 0.6) is 0 Å². The molecule has 25 heavy (non-hydrogen) atoms. The molecule has 2 aromatic heterocycles. The monoisotopic (exact) mass is 341 g/mol. The van der Waals surface area contributed by atoms with Gasteiger partial charge in [0.25, 0.3) is 0 Å². The number of nitrogens with one attached hydrogen (secondary N) is 1. The molecule has 0 radical (unpaired) electrons. The second-order valence-corrected chi connectivity index (χ2v) is 6.57. The third kappa shape index (κ3) is 4.32. The number of aryl methyl sites for hydroxylation is 1. The first-order chi connectivity index (χ1) is 12.2. The van der Waals surface area contributed by atoms with Crippen LogP contribution in [-0.2, 0) is 4.74 Å². The zero-order valence-electron chi connectivity index (χ0n) is 15.2. The Hall–Kier alpha value is -2.05. The summed E-state index contributed by atoms with van der Waals surface area (Å²) in [6.07, 6.45) is 7.62. The van der Waals surface area contributed by atoms with E-state index in [0.29, 0.717) is 12.1 Å². The molecule has 0 spiro atoms. The van der Waals surface area contributed by atoms with E-state index in [-0.39, 0.29) is 6.10 Å². The Balaban J connectivity index is 1.70. The SMILES string of the molecule is CCC(NC[C@@H]1C[C@H](OC)CN1c1cc(C)ncn1)c1ccncc1. The van der Waals surface area contributed by atoms with Gasteiger partial charge in [-0.1, -0.05) is 6.92 Å². The van der Waals surface area contributed by atoms with Crippen LogP contribution in [0.25, 0.3) is 0 Å². The second kappa shape index (κ2) is 8.36. The number of rotatable bonds is 7. The lowest BCUT2D eigenvalue weighted by Gasteiger charge is -2.28. The van der Waals surface area contributed by atoms with Gasteiger partial charge in [0.2, 0.25) is 0 Å². The number of ether oxygens (including phenoxy) is 1. The van der Waals surface area contributed by atoms with Crippen LogP contribution in [0.4, 0.5) is 5.82 Å². The fourth-order valence-corrected chi connectivity index (χ4v) is 3.49. The topological polar surface area (TPSA) is 63.2 Å². The standard InChI is InChI=1S/C19H27N5O/c1-4-18(15-5-7-20-8-6-15)21-11-16-10-17(25-3)12-24(16)19-9-14(2)22-13-23-19/h5-9,13,16-18,21H,4,10-12H2,1-3H3/t16-,17-,18?/m0/s1. The Morgan fingerprint density at radius 2 is 2.12 bits per heavy atom. The maximum atomic E-state index is 5.62. The van der Waals surface area contributed by atoms with E-state index in [1.54, 1.807) is 13.4 Å². The first-order valence-corrected chi connectivity index (χ1v) is 8.92. The molecular weight excluding hydrogens is 314 g/mol. The molecule has 0 saturated carbocycles. The largest absolute Gasteiger partial charge is 0.380 e. The van der Waals surface area contributed by atoms with E-state index in [2.05, 4.69) is 44.2 Å². The molecule has 1 aliphatic heterocycles. The second-order valence-electron chi connectivity index (χ2n) is 6.57. The van der Waals surface area contributed by atoms with Gasteiger partial charge in [-0.3, -0.25) is 4.98 Å². The highest BCUT2D eigenvalue weighted by molar-refractivity contribution is 5.42. The average molecular weight is 341 g/mol. The van der Waals surface area contributed by atoms with Gasteiger partial charge >= 0.3 is 0 Å². The van der Waals surface area contributed by atoms with Crippen LogP contribution in [0.15, 0.2) is 36.9 Å². The van der Waals surface area contributed by atoms with Gasteiger partial charge in [0.15, 0.2) is 0 Å². The molecule has 3 atom stereocenters. The van der Waals surface area contributed by atoms with E-state index < -0.39 is 0 Å². The number of hydrogen-bond donors (Lipinski definition) is 1. The minimum absolute atomic E-state index is 0.239. The summed E-state index contributed by atoms with van der Waals surface area (Å²) in [6, 6.07) is 6.90. The van der Waals surface area contributed by atoms with Crippen molar-refractivity contribution >= 4 is 5.82 Å². The number of aromatic nitrogens is 3. The fraction of sp³-hybridized carbons (Fsp3) is 0.526. The van der Waals surface area contributed by atoms with Crippen LogP contribution >= 0.6 is 0 Å². The molecule has 0 aliphatic carbocycles. The minimum atomic E-state index is 0.239. The summed E-state index contributed by atoms with van der Waals surface area (Å²) >= 11 is 0. The molecular formula is C19H27N5O. The highest BCUT2D eigenvalue weighted by atomic mass is 16.5. The van der Waals surface area contributed by atoms with E-state index in [9.17, 15) is 0 Å². The van der Waals surface area contributed by atoms with Gasteiger partial charge in [-0.05, 0) is 37.5 Å². The van der Waals surface area contributed by atoms with Crippen molar-refractivity contribution < 1.29 is 4.74 Å². The number of pyridine rings is 1. The molecule has 3 rings (SSSR count). The van der Waals surface area contributed by atoms with E-state index in [0.717, 1.165) is 37.4 Å².